The summed E-state index contributed by atoms with van der Waals surface area (Å²) in [6.07, 6.45) is 3.14. The van der Waals surface area contributed by atoms with Gasteiger partial charge in [-0.2, -0.15) is 0 Å². The zero-order valence-corrected chi connectivity index (χ0v) is 9.09. The van der Waals surface area contributed by atoms with Gasteiger partial charge in [-0.15, -0.1) is 0 Å². The zero-order valence-electron chi connectivity index (χ0n) is 8.27. The number of rotatable bonds is 3. The Kier molecular flexibility index (Phi) is 4.38. The Morgan fingerprint density at radius 3 is 2.43 bits per heavy atom. The molecule has 1 aliphatic rings. The largest absolute Gasteiger partial charge is 0.288 e. The number of carbonyl (C=O) groups excluding carboxylic acids is 1. The van der Waals surface area contributed by atoms with Crippen molar-refractivity contribution in [3.63, 3.8) is 0 Å². The maximum atomic E-state index is 10.7. The fourth-order valence-electron chi connectivity index (χ4n) is 1.76. The summed E-state index contributed by atoms with van der Waals surface area (Å²) in [5.41, 5.74) is 0. The van der Waals surface area contributed by atoms with Gasteiger partial charge in [-0.25, -0.2) is 0 Å². The van der Waals surface area contributed by atoms with Gasteiger partial charge in [0.25, 0.3) is 0 Å². The molecule has 0 N–H and O–H groups in total. The van der Waals surface area contributed by atoms with Crippen molar-refractivity contribution in [3.05, 3.63) is 10.1 Å². The molecular formula is C9H15NO3S. The molecule has 1 saturated carbocycles. The second-order valence-electron chi connectivity index (χ2n) is 3.76. The van der Waals surface area contributed by atoms with Gasteiger partial charge in [0.1, 0.15) is 0 Å². The molecule has 0 atom stereocenters. The fraction of sp³-hybridized carbons (Fsp3) is 0.889. The Morgan fingerprint density at radius 2 is 2.00 bits per heavy atom. The Labute approximate surface area is 87.6 Å². The summed E-state index contributed by atoms with van der Waals surface area (Å²) < 4.78 is 0. The van der Waals surface area contributed by atoms with E-state index in [1.165, 1.54) is 11.8 Å². The van der Waals surface area contributed by atoms with Crippen LogP contribution in [-0.4, -0.2) is 21.8 Å². The van der Waals surface area contributed by atoms with Crippen LogP contribution in [-0.2, 0) is 4.79 Å². The molecule has 5 heteroatoms. The third kappa shape index (κ3) is 3.65. The van der Waals surface area contributed by atoms with Gasteiger partial charge in [0, 0.05) is 30.4 Å². The summed E-state index contributed by atoms with van der Waals surface area (Å²) in [7, 11) is 0. The minimum atomic E-state index is -0.339. The van der Waals surface area contributed by atoms with Gasteiger partial charge in [-0.05, 0) is 18.8 Å². The molecule has 0 amide bonds. The molecule has 0 radical (unpaired) electrons. The summed E-state index contributed by atoms with van der Waals surface area (Å²) in [6.45, 7) is 1.56. The van der Waals surface area contributed by atoms with E-state index in [2.05, 4.69) is 0 Å². The summed E-state index contributed by atoms with van der Waals surface area (Å²) >= 11 is 1.34. The molecule has 0 heterocycles. The molecule has 1 fully saturated rings. The molecule has 0 aromatic carbocycles. The normalized spacial score (nSPS) is 27.2. The molecule has 1 rings (SSSR count). The van der Waals surface area contributed by atoms with Crippen LogP contribution >= 0.6 is 11.8 Å². The number of hydrogen-bond donors (Lipinski definition) is 0. The molecule has 0 bridgehead atoms. The van der Waals surface area contributed by atoms with Crippen LogP contribution in [0.15, 0.2) is 0 Å². The minimum absolute atomic E-state index is 0.140. The van der Waals surface area contributed by atoms with Crippen LogP contribution in [0.1, 0.15) is 32.6 Å². The van der Waals surface area contributed by atoms with Crippen molar-refractivity contribution in [2.24, 2.45) is 5.92 Å². The molecule has 0 spiro atoms. The summed E-state index contributed by atoms with van der Waals surface area (Å²) in [5.74, 6) is 1.33. The lowest BCUT2D eigenvalue weighted by atomic mass is 9.87. The van der Waals surface area contributed by atoms with Crippen molar-refractivity contribution >= 4 is 16.9 Å². The van der Waals surface area contributed by atoms with Crippen LogP contribution in [0.4, 0.5) is 0 Å². The third-order valence-corrected chi connectivity index (χ3v) is 3.68. The van der Waals surface area contributed by atoms with E-state index < -0.39 is 0 Å². The smallest absolute Gasteiger partial charge is 0.213 e. The van der Waals surface area contributed by atoms with Crippen LogP contribution < -0.4 is 0 Å². The Morgan fingerprint density at radius 1 is 1.43 bits per heavy atom. The average molecular weight is 217 g/mol. The first kappa shape index (κ1) is 11.5. The quantitative estimate of drug-likeness (QED) is 0.536. The van der Waals surface area contributed by atoms with Gasteiger partial charge in [-0.1, -0.05) is 11.8 Å². The van der Waals surface area contributed by atoms with E-state index in [4.69, 9.17) is 0 Å². The van der Waals surface area contributed by atoms with Crippen LogP contribution in [0.5, 0.6) is 0 Å². The summed E-state index contributed by atoms with van der Waals surface area (Å²) in [4.78, 5) is 21.0. The first-order valence-electron chi connectivity index (χ1n) is 4.86. The van der Waals surface area contributed by atoms with E-state index in [9.17, 15) is 14.9 Å². The monoisotopic (exact) mass is 217 g/mol. The van der Waals surface area contributed by atoms with Gasteiger partial charge in [0.05, 0.1) is 0 Å². The van der Waals surface area contributed by atoms with Crippen molar-refractivity contribution in [2.45, 2.75) is 38.6 Å². The van der Waals surface area contributed by atoms with Gasteiger partial charge in [-0.3, -0.25) is 14.9 Å². The molecule has 14 heavy (non-hydrogen) atoms. The Balaban J connectivity index is 2.22. The van der Waals surface area contributed by atoms with E-state index >= 15 is 0 Å². The molecule has 1 aliphatic carbocycles. The highest BCUT2D eigenvalue weighted by atomic mass is 32.2. The average Bonchev–Trinajstić information content (AvgIpc) is 2.15. The van der Waals surface area contributed by atoms with E-state index in [-0.39, 0.29) is 16.1 Å². The van der Waals surface area contributed by atoms with E-state index in [0.29, 0.717) is 18.8 Å². The molecule has 0 aromatic heterocycles. The molecule has 0 aromatic rings. The number of carbonyl (C=O) groups is 1. The van der Waals surface area contributed by atoms with E-state index in [1.807, 2.05) is 0 Å². The van der Waals surface area contributed by atoms with Crippen LogP contribution in [0.25, 0.3) is 0 Å². The number of nitro groups is 1. The van der Waals surface area contributed by atoms with Gasteiger partial charge in [0.2, 0.25) is 6.04 Å². The Hall–Kier alpha value is -0.580. The van der Waals surface area contributed by atoms with Crippen molar-refractivity contribution in [1.29, 1.82) is 0 Å². The lowest BCUT2D eigenvalue weighted by molar-refractivity contribution is -0.526. The molecule has 80 valence electrons. The van der Waals surface area contributed by atoms with E-state index in [1.54, 1.807) is 6.92 Å². The highest BCUT2D eigenvalue weighted by Crippen LogP contribution is 2.28. The molecule has 4 nitrogen and oxygen atoms in total. The second-order valence-corrected chi connectivity index (χ2v) is 4.96. The first-order valence-corrected chi connectivity index (χ1v) is 5.85. The standard InChI is InChI=1S/C9H15NO3S/c1-7(11)14-6-8-2-4-9(5-3-8)10(12)13/h8-9H,2-6H2,1H3. The lowest BCUT2D eigenvalue weighted by Crippen LogP contribution is -2.26. The molecular weight excluding hydrogens is 202 g/mol. The molecule has 0 aliphatic heterocycles. The highest BCUT2D eigenvalue weighted by molar-refractivity contribution is 8.13. The van der Waals surface area contributed by atoms with Crippen LogP contribution in [0.3, 0.4) is 0 Å². The van der Waals surface area contributed by atoms with Crippen molar-refractivity contribution in [1.82, 2.24) is 0 Å². The van der Waals surface area contributed by atoms with E-state index in [0.717, 1.165) is 18.6 Å². The van der Waals surface area contributed by atoms with Crippen molar-refractivity contribution < 1.29 is 9.72 Å². The van der Waals surface area contributed by atoms with Crippen molar-refractivity contribution in [2.75, 3.05) is 5.75 Å². The van der Waals surface area contributed by atoms with Crippen molar-refractivity contribution in [3.8, 4) is 0 Å². The number of hydrogen-bond acceptors (Lipinski definition) is 4. The topological polar surface area (TPSA) is 60.2 Å². The highest BCUT2D eigenvalue weighted by Gasteiger charge is 2.28. The number of nitrogens with zero attached hydrogens (tertiary/aromatic N) is 1. The Bertz CT molecular complexity index is 224. The van der Waals surface area contributed by atoms with Gasteiger partial charge in [0.15, 0.2) is 5.12 Å². The minimum Gasteiger partial charge on any atom is -0.288 e. The lowest BCUT2D eigenvalue weighted by Gasteiger charge is -2.22. The summed E-state index contributed by atoms with van der Waals surface area (Å²) in [6, 6.07) is -0.339. The second kappa shape index (κ2) is 5.34. The van der Waals surface area contributed by atoms with Crippen LogP contribution in [0, 0.1) is 16.0 Å². The number of thioether (sulfide) groups is 1. The molecule has 0 saturated heterocycles. The SMILES string of the molecule is CC(=O)SCC1CCC([N+](=O)[O-])CC1. The molecule has 0 unspecified atom stereocenters. The van der Waals surface area contributed by atoms with Gasteiger partial charge >= 0.3 is 0 Å². The van der Waals surface area contributed by atoms with Crippen LogP contribution in [0.2, 0.25) is 0 Å². The fourth-order valence-corrected chi connectivity index (χ4v) is 2.56. The van der Waals surface area contributed by atoms with Gasteiger partial charge < -0.3 is 0 Å². The maximum Gasteiger partial charge on any atom is 0.213 e. The maximum absolute atomic E-state index is 10.7. The zero-order chi connectivity index (χ0) is 10.6. The summed E-state index contributed by atoms with van der Waals surface area (Å²) in [5, 5.41) is 10.6. The third-order valence-electron chi connectivity index (χ3n) is 2.64. The predicted molar refractivity (Wildman–Crippen MR) is 55.9 cm³/mol. The first-order chi connectivity index (χ1) is 6.59. The predicted octanol–water partition coefficient (Wildman–Crippen LogP) is 2.10.